The van der Waals surface area contributed by atoms with Gasteiger partial charge in [0, 0.05) is 23.9 Å². The number of ether oxygens (including phenoxy) is 2. The molecular weight excluding hydrogens is 246 g/mol. The summed E-state index contributed by atoms with van der Waals surface area (Å²) in [6.45, 7) is 1.61. The van der Waals surface area contributed by atoms with Gasteiger partial charge in [0.1, 0.15) is 11.5 Å². The number of methoxy groups -OCH3 is 1. The average molecular weight is 267 g/mol. The van der Waals surface area contributed by atoms with Gasteiger partial charge in [0.25, 0.3) is 0 Å². The van der Waals surface area contributed by atoms with Crippen molar-refractivity contribution in [3.8, 4) is 11.5 Å². The second-order valence-electron chi connectivity index (χ2n) is 4.47. The highest BCUT2D eigenvalue weighted by molar-refractivity contribution is 7.98. The zero-order valence-corrected chi connectivity index (χ0v) is 11.9. The Hall–Kier alpha value is -0.870. The molecular formula is C14H21NO2S. The molecule has 0 atom stereocenters. The predicted molar refractivity (Wildman–Crippen MR) is 76.7 cm³/mol. The number of thioether (sulfide) groups is 1. The lowest BCUT2D eigenvalue weighted by atomic mass is 10.2. The lowest BCUT2D eigenvalue weighted by molar-refractivity contribution is 0.337. The van der Waals surface area contributed by atoms with Crippen LogP contribution in [0.3, 0.4) is 0 Å². The van der Waals surface area contributed by atoms with E-state index >= 15 is 0 Å². The van der Waals surface area contributed by atoms with Crippen molar-refractivity contribution in [1.29, 1.82) is 0 Å². The van der Waals surface area contributed by atoms with E-state index in [1.54, 1.807) is 18.9 Å². The molecule has 0 saturated heterocycles. The molecule has 0 unspecified atom stereocenters. The fourth-order valence-electron chi connectivity index (χ4n) is 1.74. The van der Waals surface area contributed by atoms with Crippen molar-refractivity contribution in [3.05, 3.63) is 23.8 Å². The zero-order valence-electron chi connectivity index (χ0n) is 11.1. The van der Waals surface area contributed by atoms with Gasteiger partial charge in [-0.25, -0.2) is 0 Å². The first-order valence-electron chi connectivity index (χ1n) is 6.35. The van der Waals surface area contributed by atoms with Crippen LogP contribution in [0.25, 0.3) is 0 Å². The van der Waals surface area contributed by atoms with Crippen molar-refractivity contribution < 1.29 is 9.47 Å². The summed E-state index contributed by atoms with van der Waals surface area (Å²) in [5.41, 5.74) is 1.18. The van der Waals surface area contributed by atoms with Crippen LogP contribution < -0.4 is 14.8 Å². The van der Waals surface area contributed by atoms with E-state index in [2.05, 4.69) is 17.6 Å². The molecule has 1 aromatic rings. The average Bonchev–Trinajstić information content (AvgIpc) is 3.21. The molecule has 1 saturated carbocycles. The molecule has 0 bridgehead atoms. The van der Waals surface area contributed by atoms with Crippen LogP contribution in [0.5, 0.6) is 11.5 Å². The molecule has 1 aliphatic carbocycles. The van der Waals surface area contributed by atoms with Crippen LogP contribution in [0.1, 0.15) is 18.4 Å². The molecule has 4 heteroatoms. The summed E-state index contributed by atoms with van der Waals surface area (Å²) in [7, 11) is 1.70. The smallest absolute Gasteiger partial charge is 0.124 e. The molecule has 0 aromatic heterocycles. The van der Waals surface area contributed by atoms with Gasteiger partial charge in [0.05, 0.1) is 13.7 Å². The van der Waals surface area contributed by atoms with Gasteiger partial charge in [0.15, 0.2) is 0 Å². The van der Waals surface area contributed by atoms with E-state index < -0.39 is 0 Å². The number of rotatable bonds is 8. The Bertz CT molecular complexity index is 380. The molecule has 0 spiro atoms. The van der Waals surface area contributed by atoms with Crippen LogP contribution in [-0.4, -0.2) is 31.8 Å². The van der Waals surface area contributed by atoms with Gasteiger partial charge in [-0.2, -0.15) is 11.8 Å². The Morgan fingerprint density at radius 1 is 1.39 bits per heavy atom. The topological polar surface area (TPSA) is 30.5 Å². The molecule has 1 N–H and O–H groups in total. The Morgan fingerprint density at radius 3 is 2.89 bits per heavy atom. The van der Waals surface area contributed by atoms with Gasteiger partial charge in [0.2, 0.25) is 0 Å². The summed E-state index contributed by atoms with van der Waals surface area (Å²) < 4.78 is 11.1. The van der Waals surface area contributed by atoms with Crippen molar-refractivity contribution in [3.63, 3.8) is 0 Å². The van der Waals surface area contributed by atoms with Crippen LogP contribution in [0.2, 0.25) is 0 Å². The zero-order chi connectivity index (χ0) is 12.8. The van der Waals surface area contributed by atoms with Crippen molar-refractivity contribution >= 4 is 11.8 Å². The Balaban J connectivity index is 1.99. The van der Waals surface area contributed by atoms with Crippen molar-refractivity contribution in [2.75, 3.05) is 25.7 Å². The van der Waals surface area contributed by atoms with Crippen LogP contribution in [-0.2, 0) is 6.54 Å². The highest BCUT2D eigenvalue weighted by Gasteiger charge is 2.20. The van der Waals surface area contributed by atoms with Gasteiger partial charge in [-0.3, -0.25) is 0 Å². The van der Waals surface area contributed by atoms with E-state index in [0.29, 0.717) is 6.04 Å². The van der Waals surface area contributed by atoms with Gasteiger partial charge in [-0.1, -0.05) is 0 Å². The summed E-state index contributed by atoms with van der Waals surface area (Å²) >= 11 is 1.80. The second kappa shape index (κ2) is 6.90. The minimum Gasteiger partial charge on any atom is -0.497 e. The van der Waals surface area contributed by atoms with Gasteiger partial charge in [-0.15, -0.1) is 0 Å². The maximum absolute atomic E-state index is 5.81. The molecule has 0 aliphatic heterocycles. The molecule has 0 amide bonds. The lowest BCUT2D eigenvalue weighted by Gasteiger charge is -2.13. The summed E-state index contributed by atoms with van der Waals surface area (Å²) in [5, 5.41) is 3.51. The maximum atomic E-state index is 5.81. The van der Waals surface area contributed by atoms with E-state index in [1.807, 2.05) is 12.1 Å². The van der Waals surface area contributed by atoms with E-state index in [0.717, 1.165) is 30.4 Å². The molecule has 2 rings (SSSR count). The van der Waals surface area contributed by atoms with Crippen LogP contribution in [0.4, 0.5) is 0 Å². The standard InChI is InChI=1S/C14H21NO2S/c1-16-13-5-6-14(17-7-8-18-2)11(9-13)10-15-12-3-4-12/h5-6,9,12,15H,3-4,7-8,10H2,1-2H3. The van der Waals surface area contributed by atoms with Crippen LogP contribution in [0, 0.1) is 0 Å². The van der Waals surface area contributed by atoms with Crippen molar-refractivity contribution in [2.24, 2.45) is 0 Å². The quantitative estimate of drug-likeness (QED) is 0.734. The summed E-state index contributed by atoms with van der Waals surface area (Å²) in [6, 6.07) is 6.72. The molecule has 100 valence electrons. The molecule has 1 fully saturated rings. The summed E-state index contributed by atoms with van der Waals surface area (Å²) in [6.07, 6.45) is 4.69. The number of nitrogens with one attached hydrogen (secondary N) is 1. The van der Waals surface area contributed by atoms with Crippen LogP contribution >= 0.6 is 11.8 Å². The monoisotopic (exact) mass is 267 g/mol. The highest BCUT2D eigenvalue weighted by atomic mass is 32.2. The van der Waals surface area contributed by atoms with E-state index in [1.165, 1.54) is 18.4 Å². The van der Waals surface area contributed by atoms with Gasteiger partial charge in [-0.05, 0) is 37.3 Å². The molecule has 0 radical (unpaired) electrons. The molecule has 18 heavy (non-hydrogen) atoms. The third-order valence-corrected chi connectivity index (χ3v) is 3.55. The first-order chi connectivity index (χ1) is 8.83. The largest absolute Gasteiger partial charge is 0.497 e. The van der Waals surface area contributed by atoms with E-state index in [4.69, 9.17) is 9.47 Å². The SMILES string of the molecule is COc1ccc(OCCSC)c(CNC2CC2)c1. The molecule has 1 aliphatic rings. The normalized spacial score (nSPS) is 14.6. The predicted octanol–water partition coefficient (Wildman–Crippen LogP) is 2.69. The Labute approximate surface area is 113 Å². The first kappa shape index (κ1) is 13.6. The summed E-state index contributed by atoms with van der Waals surface area (Å²) in [4.78, 5) is 0. The second-order valence-corrected chi connectivity index (χ2v) is 5.46. The number of hydrogen-bond acceptors (Lipinski definition) is 4. The third-order valence-electron chi connectivity index (χ3n) is 2.97. The minimum absolute atomic E-state index is 0.704. The Morgan fingerprint density at radius 2 is 2.22 bits per heavy atom. The number of benzene rings is 1. The van der Waals surface area contributed by atoms with Gasteiger partial charge < -0.3 is 14.8 Å². The Kier molecular flexibility index (Phi) is 5.20. The van der Waals surface area contributed by atoms with E-state index in [-0.39, 0.29) is 0 Å². The fraction of sp³-hybridized carbons (Fsp3) is 0.571. The highest BCUT2D eigenvalue weighted by Crippen LogP contribution is 2.26. The van der Waals surface area contributed by atoms with Gasteiger partial charge >= 0.3 is 0 Å². The van der Waals surface area contributed by atoms with Crippen molar-refractivity contribution in [2.45, 2.75) is 25.4 Å². The first-order valence-corrected chi connectivity index (χ1v) is 7.75. The fourth-order valence-corrected chi connectivity index (χ4v) is 1.99. The van der Waals surface area contributed by atoms with Crippen LogP contribution in [0.15, 0.2) is 18.2 Å². The summed E-state index contributed by atoms with van der Waals surface area (Å²) in [5.74, 6) is 2.87. The number of hydrogen-bond donors (Lipinski definition) is 1. The molecule has 1 aromatic carbocycles. The van der Waals surface area contributed by atoms with Crippen molar-refractivity contribution in [1.82, 2.24) is 5.32 Å². The van der Waals surface area contributed by atoms with E-state index in [9.17, 15) is 0 Å². The third kappa shape index (κ3) is 4.10. The molecule has 3 nitrogen and oxygen atoms in total. The maximum Gasteiger partial charge on any atom is 0.124 e. The molecule has 0 heterocycles. The lowest BCUT2D eigenvalue weighted by Crippen LogP contribution is -2.16. The minimum atomic E-state index is 0.704.